The van der Waals surface area contributed by atoms with Gasteiger partial charge in [0.15, 0.2) is 0 Å². The summed E-state index contributed by atoms with van der Waals surface area (Å²) >= 11 is 1.55. The molecule has 0 spiro atoms. The molecule has 1 unspecified atom stereocenters. The lowest BCUT2D eigenvalue weighted by Crippen LogP contribution is -2.29. The van der Waals surface area contributed by atoms with Crippen LogP contribution in [0.15, 0.2) is 40.7 Å². The third-order valence-corrected chi connectivity index (χ3v) is 6.23. The van der Waals surface area contributed by atoms with Crippen LogP contribution >= 0.6 is 11.3 Å². The van der Waals surface area contributed by atoms with Gasteiger partial charge in [0.25, 0.3) is 0 Å². The molecule has 0 radical (unpaired) electrons. The molecule has 5 nitrogen and oxygen atoms in total. The Morgan fingerprint density at radius 2 is 2.19 bits per heavy atom. The predicted octanol–water partition coefficient (Wildman–Crippen LogP) is 2.96. The number of anilines is 1. The van der Waals surface area contributed by atoms with E-state index in [1.807, 2.05) is 31.4 Å². The third-order valence-electron chi connectivity index (χ3n) is 3.27. The Labute approximate surface area is 129 Å². The number of rotatable bonds is 6. The average Bonchev–Trinajstić information content (AvgIpc) is 3.00. The first-order chi connectivity index (χ1) is 9.96. The quantitative estimate of drug-likeness (QED) is 0.887. The van der Waals surface area contributed by atoms with Gasteiger partial charge in [-0.2, -0.15) is 4.31 Å². The fourth-order valence-corrected chi connectivity index (χ4v) is 4.18. The molecule has 0 aliphatic rings. The Balaban J connectivity index is 2.30. The van der Waals surface area contributed by atoms with E-state index in [1.54, 1.807) is 24.5 Å². The molecular formula is C14H19N3O2S2. The number of nitrogens with one attached hydrogen (secondary N) is 1. The number of hydrogen-bond donors (Lipinski definition) is 1. The number of sulfonamides is 1. The van der Waals surface area contributed by atoms with E-state index in [9.17, 15) is 8.42 Å². The van der Waals surface area contributed by atoms with E-state index in [1.165, 1.54) is 16.6 Å². The standard InChI is InChI=1S/C14H19N3O2S2/c1-4-15-14-10-12(7-8-16-14)21(18,19)17(3)11(2)13-6-5-9-20-13/h5-11H,4H2,1-3H3,(H,15,16). The van der Waals surface area contributed by atoms with Gasteiger partial charge in [-0.05, 0) is 31.4 Å². The van der Waals surface area contributed by atoms with Gasteiger partial charge in [0.05, 0.1) is 10.9 Å². The summed E-state index contributed by atoms with van der Waals surface area (Å²) in [6, 6.07) is 6.75. The Morgan fingerprint density at radius 3 is 2.81 bits per heavy atom. The van der Waals surface area contributed by atoms with Crippen molar-refractivity contribution in [3.63, 3.8) is 0 Å². The summed E-state index contributed by atoms with van der Waals surface area (Å²) in [5.41, 5.74) is 0. The second-order valence-corrected chi connectivity index (χ2v) is 7.60. The molecule has 2 rings (SSSR count). The van der Waals surface area contributed by atoms with E-state index >= 15 is 0 Å². The zero-order chi connectivity index (χ0) is 15.5. The maximum absolute atomic E-state index is 12.7. The van der Waals surface area contributed by atoms with Crippen molar-refractivity contribution in [3.8, 4) is 0 Å². The van der Waals surface area contributed by atoms with Crippen LogP contribution in [0.2, 0.25) is 0 Å². The lowest BCUT2D eigenvalue weighted by atomic mass is 10.3. The summed E-state index contributed by atoms with van der Waals surface area (Å²) < 4.78 is 26.8. The van der Waals surface area contributed by atoms with Gasteiger partial charge in [0.2, 0.25) is 10.0 Å². The minimum absolute atomic E-state index is 0.203. The van der Waals surface area contributed by atoms with Crippen LogP contribution in [0.25, 0.3) is 0 Å². The first kappa shape index (κ1) is 15.9. The smallest absolute Gasteiger partial charge is 0.243 e. The van der Waals surface area contributed by atoms with E-state index in [2.05, 4.69) is 10.3 Å². The van der Waals surface area contributed by atoms with Crippen molar-refractivity contribution in [1.82, 2.24) is 9.29 Å². The molecule has 114 valence electrons. The van der Waals surface area contributed by atoms with Crippen molar-refractivity contribution in [1.29, 1.82) is 0 Å². The molecule has 0 bridgehead atoms. The van der Waals surface area contributed by atoms with Gasteiger partial charge in [0.1, 0.15) is 5.82 Å². The van der Waals surface area contributed by atoms with Crippen molar-refractivity contribution < 1.29 is 8.42 Å². The molecule has 0 saturated carbocycles. The summed E-state index contributed by atoms with van der Waals surface area (Å²) in [7, 11) is -1.94. The highest BCUT2D eigenvalue weighted by Crippen LogP contribution is 2.28. The Hall–Kier alpha value is -1.44. The first-order valence-corrected chi connectivity index (χ1v) is 9.00. The maximum atomic E-state index is 12.7. The van der Waals surface area contributed by atoms with E-state index in [0.717, 1.165) is 4.88 Å². The topological polar surface area (TPSA) is 62.3 Å². The van der Waals surface area contributed by atoms with Crippen molar-refractivity contribution in [2.75, 3.05) is 18.9 Å². The fourth-order valence-electron chi connectivity index (χ4n) is 1.93. The van der Waals surface area contributed by atoms with Crippen LogP contribution in [0.5, 0.6) is 0 Å². The van der Waals surface area contributed by atoms with E-state index < -0.39 is 10.0 Å². The van der Waals surface area contributed by atoms with Crippen LogP contribution in [0.4, 0.5) is 5.82 Å². The number of thiophene rings is 1. The van der Waals surface area contributed by atoms with Crippen molar-refractivity contribution in [2.45, 2.75) is 24.8 Å². The van der Waals surface area contributed by atoms with Gasteiger partial charge < -0.3 is 5.32 Å². The minimum atomic E-state index is -3.55. The summed E-state index contributed by atoms with van der Waals surface area (Å²) in [4.78, 5) is 5.37. The monoisotopic (exact) mass is 325 g/mol. The number of pyridine rings is 1. The molecule has 1 atom stereocenters. The third kappa shape index (κ3) is 3.42. The molecule has 7 heteroatoms. The maximum Gasteiger partial charge on any atom is 0.243 e. The van der Waals surface area contributed by atoms with Crippen LogP contribution in [-0.4, -0.2) is 31.3 Å². The Kier molecular flexibility index (Phi) is 4.97. The van der Waals surface area contributed by atoms with Crippen LogP contribution in [0.3, 0.4) is 0 Å². The van der Waals surface area contributed by atoms with Gasteiger partial charge in [0, 0.05) is 30.7 Å². The number of hydrogen-bond acceptors (Lipinski definition) is 5. The molecule has 2 heterocycles. The van der Waals surface area contributed by atoms with Crippen LogP contribution in [0, 0.1) is 0 Å². The van der Waals surface area contributed by atoms with Gasteiger partial charge in [-0.1, -0.05) is 6.07 Å². The highest BCUT2D eigenvalue weighted by Gasteiger charge is 2.27. The highest BCUT2D eigenvalue weighted by atomic mass is 32.2. The SMILES string of the molecule is CCNc1cc(S(=O)(=O)N(C)C(C)c2cccs2)ccn1. The zero-order valence-corrected chi connectivity index (χ0v) is 13.9. The molecular weight excluding hydrogens is 306 g/mol. The summed E-state index contributed by atoms with van der Waals surface area (Å²) in [6.07, 6.45) is 1.51. The van der Waals surface area contributed by atoms with E-state index in [-0.39, 0.29) is 10.9 Å². The lowest BCUT2D eigenvalue weighted by molar-refractivity contribution is 0.403. The van der Waals surface area contributed by atoms with Crippen LogP contribution in [0.1, 0.15) is 24.8 Å². The van der Waals surface area contributed by atoms with Gasteiger partial charge in [-0.15, -0.1) is 11.3 Å². The summed E-state index contributed by atoms with van der Waals surface area (Å²) in [6.45, 7) is 4.52. The van der Waals surface area contributed by atoms with Gasteiger partial charge in [-0.3, -0.25) is 0 Å². The molecule has 0 saturated heterocycles. The predicted molar refractivity (Wildman–Crippen MR) is 86.1 cm³/mol. The highest BCUT2D eigenvalue weighted by molar-refractivity contribution is 7.89. The zero-order valence-electron chi connectivity index (χ0n) is 12.3. The van der Waals surface area contributed by atoms with Crippen LogP contribution in [-0.2, 0) is 10.0 Å². The van der Waals surface area contributed by atoms with Gasteiger partial charge >= 0.3 is 0 Å². The second kappa shape index (κ2) is 6.55. The molecule has 1 N–H and O–H groups in total. The molecule has 0 aliphatic heterocycles. The van der Waals surface area contributed by atoms with Crippen molar-refractivity contribution in [3.05, 3.63) is 40.7 Å². The molecule has 0 amide bonds. The molecule has 0 aliphatic carbocycles. The summed E-state index contributed by atoms with van der Waals surface area (Å²) in [5, 5.41) is 4.97. The molecule has 21 heavy (non-hydrogen) atoms. The molecule has 0 aromatic carbocycles. The Bertz CT molecular complexity index is 684. The molecule has 2 aromatic rings. The average molecular weight is 325 g/mol. The lowest BCUT2D eigenvalue weighted by Gasteiger charge is -2.23. The second-order valence-electron chi connectivity index (χ2n) is 4.62. The van der Waals surface area contributed by atoms with Crippen molar-refractivity contribution >= 4 is 27.2 Å². The largest absolute Gasteiger partial charge is 0.370 e. The number of aromatic nitrogens is 1. The fraction of sp³-hybridized carbons (Fsp3) is 0.357. The first-order valence-electron chi connectivity index (χ1n) is 6.68. The van der Waals surface area contributed by atoms with Crippen molar-refractivity contribution in [2.24, 2.45) is 0 Å². The minimum Gasteiger partial charge on any atom is -0.370 e. The van der Waals surface area contributed by atoms with E-state index in [4.69, 9.17) is 0 Å². The van der Waals surface area contributed by atoms with E-state index in [0.29, 0.717) is 12.4 Å². The van der Waals surface area contributed by atoms with Gasteiger partial charge in [-0.25, -0.2) is 13.4 Å². The number of nitrogens with zero attached hydrogens (tertiary/aromatic N) is 2. The molecule has 0 fully saturated rings. The normalized spacial score (nSPS) is 13.3. The molecule has 2 aromatic heterocycles. The summed E-state index contributed by atoms with van der Waals surface area (Å²) in [5.74, 6) is 0.566. The van der Waals surface area contributed by atoms with Crippen LogP contribution < -0.4 is 5.32 Å². The Morgan fingerprint density at radius 1 is 1.43 bits per heavy atom.